The van der Waals surface area contributed by atoms with Crippen molar-refractivity contribution < 1.29 is 22.3 Å². The van der Waals surface area contributed by atoms with E-state index in [4.69, 9.17) is 4.74 Å². The Hall–Kier alpha value is -1.63. The van der Waals surface area contributed by atoms with E-state index in [1.807, 2.05) is 6.92 Å². The van der Waals surface area contributed by atoms with E-state index in [-0.39, 0.29) is 36.3 Å². The van der Waals surface area contributed by atoms with E-state index < -0.39 is 17.7 Å². The number of aromatic nitrogens is 1. The molecule has 0 bridgehead atoms. The maximum atomic E-state index is 13.9. The monoisotopic (exact) mass is 546 g/mol. The molecule has 0 saturated heterocycles. The quantitative estimate of drug-likeness (QED) is 0.220. The number of hydrogen-bond acceptors (Lipinski definition) is 4. The van der Waals surface area contributed by atoms with Gasteiger partial charge in [0.25, 0.3) is 0 Å². The van der Waals surface area contributed by atoms with Crippen molar-refractivity contribution >= 4 is 41.3 Å². The van der Waals surface area contributed by atoms with Crippen LogP contribution in [0, 0.1) is 5.82 Å². The van der Waals surface area contributed by atoms with Gasteiger partial charge < -0.3 is 15.4 Å². The predicted octanol–water partition coefficient (Wildman–Crippen LogP) is 4.62. The summed E-state index contributed by atoms with van der Waals surface area (Å²) in [5, 5.41) is 7.48. The van der Waals surface area contributed by atoms with Gasteiger partial charge >= 0.3 is 6.18 Å². The normalized spacial score (nSPS) is 11.7. The van der Waals surface area contributed by atoms with Crippen LogP contribution >= 0.6 is 35.3 Å². The first-order valence-electron chi connectivity index (χ1n) is 8.78. The Kier molecular flexibility index (Phi) is 10.6. The lowest BCUT2D eigenvalue weighted by atomic mass is 10.2. The first-order chi connectivity index (χ1) is 13.3. The smallest absolute Gasteiger partial charge is 0.434 e. The van der Waals surface area contributed by atoms with Gasteiger partial charge in [0.15, 0.2) is 23.2 Å². The predicted molar refractivity (Wildman–Crippen MR) is 117 cm³/mol. The van der Waals surface area contributed by atoms with E-state index >= 15 is 0 Å². The molecular formula is C18H23F4IN4OS. The molecule has 1 aromatic carbocycles. The summed E-state index contributed by atoms with van der Waals surface area (Å²) in [6.45, 7) is 5.28. The SMILES string of the molecule is CCNC(=NCc1ccc(OCC)c(F)c1)NCCc1nc(C(F)(F)F)cs1.I. The molecule has 11 heteroatoms. The Balaban J connectivity index is 0.00000420. The molecule has 0 aliphatic carbocycles. The highest BCUT2D eigenvalue weighted by atomic mass is 127. The van der Waals surface area contributed by atoms with E-state index in [0.29, 0.717) is 42.6 Å². The molecule has 0 saturated carbocycles. The molecule has 0 aliphatic heterocycles. The molecule has 0 atom stereocenters. The van der Waals surface area contributed by atoms with Crippen LogP contribution in [0.25, 0.3) is 0 Å². The molecule has 162 valence electrons. The van der Waals surface area contributed by atoms with Crippen LogP contribution in [0.3, 0.4) is 0 Å². The van der Waals surface area contributed by atoms with Crippen molar-refractivity contribution in [2.75, 3.05) is 19.7 Å². The lowest BCUT2D eigenvalue weighted by Crippen LogP contribution is -2.38. The van der Waals surface area contributed by atoms with Gasteiger partial charge in [-0.25, -0.2) is 14.4 Å². The van der Waals surface area contributed by atoms with Gasteiger partial charge in [0.2, 0.25) is 0 Å². The van der Waals surface area contributed by atoms with Crippen molar-refractivity contribution in [2.24, 2.45) is 4.99 Å². The maximum absolute atomic E-state index is 13.9. The summed E-state index contributed by atoms with van der Waals surface area (Å²) in [6.07, 6.45) is -4.09. The Bertz CT molecular complexity index is 798. The molecule has 2 N–H and O–H groups in total. The Morgan fingerprint density at radius 3 is 2.59 bits per heavy atom. The third-order valence-corrected chi connectivity index (χ3v) is 4.44. The van der Waals surface area contributed by atoms with Crippen LogP contribution in [0.4, 0.5) is 17.6 Å². The third-order valence-electron chi connectivity index (χ3n) is 3.53. The van der Waals surface area contributed by atoms with Crippen molar-refractivity contribution in [1.82, 2.24) is 15.6 Å². The van der Waals surface area contributed by atoms with Crippen LogP contribution in [0.5, 0.6) is 5.75 Å². The molecule has 1 aromatic heterocycles. The molecule has 0 radical (unpaired) electrons. The van der Waals surface area contributed by atoms with Gasteiger partial charge in [0.05, 0.1) is 18.2 Å². The third kappa shape index (κ3) is 8.33. The Labute approximate surface area is 188 Å². The zero-order valence-electron chi connectivity index (χ0n) is 16.0. The average molecular weight is 546 g/mol. The van der Waals surface area contributed by atoms with E-state index in [9.17, 15) is 17.6 Å². The van der Waals surface area contributed by atoms with E-state index in [1.54, 1.807) is 19.1 Å². The van der Waals surface area contributed by atoms with Crippen molar-refractivity contribution in [1.29, 1.82) is 0 Å². The second-order valence-electron chi connectivity index (χ2n) is 5.69. The molecule has 0 spiro atoms. The van der Waals surface area contributed by atoms with Gasteiger partial charge in [-0.2, -0.15) is 13.2 Å². The van der Waals surface area contributed by atoms with Crippen molar-refractivity contribution in [3.63, 3.8) is 0 Å². The van der Waals surface area contributed by atoms with E-state index in [0.717, 1.165) is 16.7 Å². The number of nitrogens with one attached hydrogen (secondary N) is 2. The minimum absolute atomic E-state index is 0. The molecule has 29 heavy (non-hydrogen) atoms. The standard InChI is InChI=1S/C18H22F4N4OS.HI/c1-3-23-17(24-8-7-16-26-15(11-28-16)18(20,21)22)25-10-12-5-6-14(27-4-2)13(19)9-12;/h5-6,9,11H,3-4,7-8,10H2,1-2H3,(H2,23,24,25);1H. The number of thiazole rings is 1. The second kappa shape index (κ2) is 12.2. The number of benzene rings is 1. The van der Waals surface area contributed by atoms with Crippen molar-refractivity contribution in [3.8, 4) is 5.75 Å². The summed E-state index contributed by atoms with van der Waals surface area (Å²) in [4.78, 5) is 7.96. The Morgan fingerprint density at radius 1 is 1.24 bits per heavy atom. The number of ether oxygens (including phenoxy) is 1. The number of nitrogens with zero attached hydrogens (tertiary/aromatic N) is 2. The van der Waals surface area contributed by atoms with Crippen LogP contribution in [-0.2, 0) is 19.1 Å². The highest BCUT2D eigenvalue weighted by Gasteiger charge is 2.33. The summed E-state index contributed by atoms with van der Waals surface area (Å²) >= 11 is 0.974. The highest BCUT2D eigenvalue weighted by molar-refractivity contribution is 14.0. The van der Waals surface area contributed by atoms with Crippen LogP contribution in [-0.4, -0.2) is 30.6 Å². The summed E-state index contributed by atoms with van der Waals surface area (Å²) < 4.78 is 56.8. The fourth-order valence-corrected chi connectivity index (χ4v) is 3.08. The zero-order chi connectivity index (χ0) is 20.6. The minimum atomic E-state index is -4.43. The van der Waals surface area contributed by atoms with Gasteiger partial charge in [-0.3, -0.25) is 0 Å². The van der Waals surface area contributed by atoms with E-state index in [1.165, 1.54) is 6.07 Å². The topological polar surface area (TPSA) is 58.5 Å². The molecule has 2 aromatic rings. The molecule has 0 aliphatic rings. The number of aliphatic imine (C=N–C) groups is 1. The summed E-state index contributed by atoms with van der Waals surface area (Å²) in [7, 11) is 0. The van der Waals surface area contributed by atoms with Crippen molar-refractivity contribution in [3.05, 3.63) is 45.7 Å². The number of halogens is 5. The second-order valence-corrected chi connectivity index (χ2v) is 6.64. The van der Waals surface area contributed by atoms with Gasteiger partial charge in [-0.1, -0.05) is 6.07 Å². The lowest BCUT2D eigenvalue weighted by Gasteiger charge is -2.11. The molecule has 2 rings (SSSR count). The van der Waals surface area contributed by atoms with Crippen molar-refractivity contribution in [2.45, 2.75) is 33.0 Å². The van der Waals surface area contributed by atoms with Crippen LogP contribution in [0.1, 0.15) is 30.1 Å². The lowest BCUT2D eigenvalue weighted by molar-refractivity contribution is -0.140. The number of alkyl halides is 3. The number of hydrogen-bond donors (Lipinski definition) is 2. The largest absolute Gasteiger partial charge is 0.491 e. The van der Waals surface area contributed by atoms with E-state index in [2.05, 4.69) is 20.6 Å². The molecule has 0 amide bonds. The molecule has 5 nitrogen and oxygen atoms in total. The summed E-state index contributed by atoms with van der Waals surface area (Å²) in [6, 6.07) is 4.66. The van der Waals surface area contributed by atoms with Gasteiger partial charge in [0.1, 0.15) is 0 Å². The zero-order valence-corrected chi connectivity index (χ0v) is 19.1. The summed E-state index contributed by atoms with van der Waals surface area (Å²) in [5.41, 5.74) is -0.196. The summed E-state index contributed by atoms with van der Waals surface area (Å²) in [5.74, 6) is 0.239. The molecule has 1 heterocycles. The number of rotatable bonds is 8. The fraction of sp³-hybridized carbons (Fsp3) is 0.444. The Morgan fingerprint density at radius 2 is 2.00 bits per heavy atom. The highest BCUT2D eigenvalue weighted by Crippen LogP contribution is 2.30. The van der Waals surface area contributed by atoms with Crippen LogP contribution in [0.15, 0.2) is 28.6 Å². The van der Waals surface area contributed by atoms with Crippen LogP contribution in [0.2, 0.25) is 0 Å². The number of guanidine groups is 1. The first kappa shape index (κ1) is 25.4. The van der Waals surface area contributed by atoms with Gasteiger partial charge in [0, 0.05) is 24.9 Å². The molecule has 0 unspecified atom stereocenters. The minimum Gasteiger partial charge on any atom is -0.491 e. The molecule has 0 fully saturated rings. The fourth-order valence-electron chi connectivity index (χ4n) is 2.27. The van der Waals surface area contributed by atoms with Crippen LogP contribution < -0.4 is 15.4 Å². The first-order valence-corrected chi connectivity index (χ1v) is 9.66. The average Bonchev–Trinajstić information content (AvgIpc) is 3.11. The molecular weight excluding hydrogens is 523 g/mol. The van der Waals surface area contributed by atoms with Gasteiger partial charge in [-0.05, 0) is 31.5 Å². The maximum Gasteiger partial charge on any atom is 0.434 e. The van der Waals surface area contributed by atoms with Gasteiger partial charge in [-0.15, -0.1) is 35.3 Å².